The van der Waals surface area contributed by atoms with Crippen molar-refractivity contribution in [1.29, 1.82) is 0 Å². The lowest BCUT2D eigenvalue weighted by atomic mass is 10.2. The second-order valence-electron chi connectivity index (χ2n) is 6.89. The summed E-state index contributed by atoms with van der Waals surface area (Å²) < 4.78 is 5.61. The Bertz CT molecular complexity index is 679. The first-order chi connectivity index (χ1) is 12.7. The van der Waals surface area contributed by atoms with E-state index in [0.29, 0.717) is 6.54 Å². The quantitative estimate of drug-likeness (QED) is 0.793. The summed E-state index contributed by atoms with van der Waals surface area (Å²) in [4.78, 5) is 16.1. The number of likely N-dealkylation sites (tertiary alicyclic amines) is 1. The minimum Gasteiger partial charge on any atom is -0.484 e. The first-order valence-electron chi connectivity index (χ1n) is 9.46. The molecule has 26 heavy (non-hydrogen) atoms. The van der Waals surface area contributed by atoms with Gasteiger partial charge in [0.1, 0.15) is 5.75 Å². The van der Waals surface area contributed by atoms with Crippen LogP contribution < -0.4 is 10.1 Å². The number of aryl methyl sites for hydroxylation is 1. The molecule has 1 aromatic heterocycles. The van der Waals surface area contributed by atoms with Gasteiger partial charge in [-0.25, -0.2) is 0 Å². The van der Waals surface area contributed by atoms with E-state index in [1.807, 2.05) is 31.2 Å². The summed E-state index contributed by atoms with van der Waals surface area (Å²) in [6.45, 7) is 4.92. The van der Waals surface area contributed by atoms with Gasteiger partial charge >= 0.3 is 0 Å². The van der Waals surface area contributed by atoms with Gasteiger partial charge in [-0.2, -0.15) is 0 Å². The molecule has 1 amide bonds. The molecule has 2 heterocycles. The van der Waals surface area contributed by atoms with Crippen molar-refractivity contribution in [3.63, 3.8) is 0 Å². The molecule has 0 spiro atoms. The molecule has 3 rings (SSSR count). The van der Waals surface area contributed by atoms with E-state index in [2.05, 4.69) is 27.7 Å². The maximum absolute atomic E-state index is 12.3. The van der Waals surface area contributed by atoms with Crippen LogP contribution in [-0.4, -0.2) is 37.0 Å². The van der Waals surface area contributed by atoms with Crippen LogP contribution in [0.15, 0.2) is 41.8 Å². The number of carbonyl (C=O) groups is 1. The van der Waals surface area contributed by atoms with E-state index in [9.17, 15) is 4.79 Å². The Labute approximate surface area is 160 Å². The molecule has 0 aliphatic carbocycles. The third-order valence-corrected chi connectivity index (χ3v) is 5.78. The molecule has 1 aromatic carbocycles. The maximum atomic E-state index is 12.3. The summed E-state index contributed by atoms with van der Waals surface area (Å²) in [7, 11) is 0. The number of nitrogens with one attached hydrogen (secondary N) is 1. The van der Waals surface area contributed by atoms with E-state index in [-0.39, 0.29) is 18.6 Å². The first-order valence-corrected chi connectivity index (χ1v) is 10.3. The van der Waals surface area contributed by atoms with E-state index in [0.717, 1.165) is 24.4 Å². The fourth-order valence-electron chi connectivity index (χ4n) is 3.41. The largest absolute Gasteiger partial charge is 0.484 e. The molecule has 140 valence electrons. The van der Waals surface area contributed by atoms with E-state index >= 15 is 0 Å². The second kappa shape index (κ2) is 9.74. The highest BCUT2D eigenvalue weighted by molar-refractivity contribution is 7.10. The van der Waals surface area contributed by atoms with Gasteiger partial charge in [0.2, 0.25) is 0 Å². The minimum atomic E-state index is -0.0668. The van der Waals surface area contributed by atoms with Crippen molar-refractivity contribution in [3.05, 3.63) is 52.2 Å². The van der Waals surface area contributed by atoms with Gasteiger partial charge in [-0.05, 0) is 62.0 Å². The van der Waals surface area contributed by atoms with Crippen LogP contribution in [0.25, 0.3) is 0 Å². The molecular formula is C21H28N2O2S. The molecule has 0 unspecified atom stereocenters. The molecule has 2 aromatic rings. The van der Waals surface area contributed by atoms with Gasteiger partial charge < -0.3 is 10.1 Å². The van der Waals surface area contributed by atoms with Crippen molar-refractivity contribution in [2.75, 3.05) is 26.2 Å². The molecule has 1 aliphatic heterocycles. The number of nitrogens with zero attached hydrogens (tertiary/aromatic N) is 1. The number of ether oxygens (including phenoxy) is 1. The number of amides is 1. The predicted molar refractivity (Wildman–Crippen MR) is 107 cm³/mol. The summed E-state index contributed by atoms with van der Waals surface area (Å²) in [6, 6.07) is 12.3. The standard InChI is InChI=1S/C21H28N2O2S/c1-17-8-6-9-18(14-17)25-16-21(24)22-15-19(20-10-7-13-26-20)23-11-4-2-3-5-12-23/h6-10,13-14,19H,2-5,11-12,15-16H2,1H3,(H,22,24)/t19-/m0/s1. The molecule has 1 aliphatic rings. The zero-order valence-corrected chi connectivity index (χ0v) is 16.3. The van der Waals surface area contributed by atoms with Crippen molar-refractivity contribution in [1.82, 2.24) is 10.2 Å². The smallest absolute Gasteiger partial charge is 0.258 e. The van der Waals surface area contributed by atoms with E-state index in [4.69, 9.17) is 4.74 Å². The zero-order chi connectivity index (χ0) is 18.2. The highest BCUT2D eigenvalue weighted by Crippen LogP contribution is 2.27. The fourth-order valence-corrected chi connectivity index (χ4v) is 4.27. The van der Waals surface area contributed by atoms with Crippen LogP contribution in [0.2, 0.25) is 0 Å². The lowest BCUT2D eigenvalue weighted by Crippen LogP contribution is -2.39. The molecular weight excluding hydrogens is 344 g/mol. The van der Waals surface area contributed by atoms with Crippen LogP contribution in [0, 0.1) is 6.92 Å². The lowest BCUT2D eigenvalue weighted by Gasteiger charge is -2.30. The normalized spacial score (nSPS) is 16.7. The number of rotatable bonds is 7. The van der Waals surface area contributed by atoms with Crippen LogP contribution in [0.4, 0.5) is 0 Å². The van der Waals surface area contributed by atoms with Gasteiger partial charge in [-0.3, -0.25) is 9.69 Å². The summed E-state index contributed by atoms with van der Waals surface area (Å²) >= 11 is 1.77. The van der Waals surface area contributed by atoms with Crippen molar-refractivity contribution >= 4 is 17.2 Å². The highest BCUT2D eigenvalue weighted by Gasteiger charge is 2.23. The van der Waals surface area contributed by atoms with Crippen LogP contribution in [0.1, 0.15) is 42.2 Å². The molecule has 0 radical (unpaired) electrons. The highest BCUT2D eigenvalue weighted by atomic mass is 32.1. The maximum Gasteiger partial charge on any atom is 0.258 e. The predicted octanol–water partition coefficient (Wildman–Crippen LogP) is 4.17. The number of hydrogen-bond donors (Lipinski definition) is 1. The van der Waals surface area contributed by atoms with Crippen molar-refractivity contribution < 1.29 is 9.53 Å². The van der Waals surface area contributed by atoms with Crippen LogP contribution in [0.3, 0.4) is 0 Å². The molecule has 0 bridgehead atoms. The molecule has 1 fully saturated rings. The van der Waals surface area contributed by atoms with Gasteiger partial charge in [0.15, 0.2) is 6.61 Å². The van der Waals surface area contributed by atoms with Crippen molar-refractivity contribution in [2.45, 2.75) is 38.6 Å². The summed E-state index contributed by atoms with van der Waals surface area (Å²) in [5.74, 6) is 0.672. The molecule has 4 nitrogen and oxygen atoms in total. The Hall–Kier alpha value is -1.85. The number of thiophene rings is 1. The Kier molecular flexibility index (Phi) is 7.09. The monoisotopic (exact) mass is 372 g/mol. The molecule has 0 saturated carbocycles. The van der Waals surface area contributed by atoms with E-state index in [1.54, 1.807) is 11.3 Å². The first kappa shape index (κ1) is 18.9. The van der Waals surface area contributed by atoms with E-state index in [1.165, 1.54) is 30.6 Å². The van der Waals surface area contributed by atoms with Crippen LogP contribution in [-0.2, 0) is 4.79 Å². The Morgan fingerprint density at radius 2 is 2.00 bits per heavy atom. The summed E-state index contributed by atoms with van der Waals surface area (Å²) in [5.41, 5.74) is 1.13. The van der Waals surface area contributed by atoms with Crippen molar-refractivity contribution in [2.24, 2.45) is 0 Å². The molecule has 1 saturated heterocycles. The van der Waals surface area contributed by atoms with Gasteiger partial charge in [0.25, 0.3) is 5.91 Å². The van der Waals surface area contributed by atoms with Crippen LogP contribution in [0.5, 0.6) is 5.75 Å². The Morgan fingerprint density at radius 3 is 2.69 bits per heavy atom. The molecule has 1 N–H and O–H groups in total. The lowest BCUT2D eigenvalue weighted by molar-refractivity contribution is -0.123. The zero-order valence-electron chi connectivity index (χ0n) is 15.4. The second-order valence-corrected chi connectivity index (χ2v) is 7.87. The fraction of sp³-hybridized carbons (Fsp3) is 0.476. The van der Waals surface area contributed by atoms with Gasteiger partial charge in [0, 0.05) is 11.4 Å². The van der Waals surface area contributed by atoms with Gasteiger partial charge in [-0.1, -0.05) is 31.0 Å². The summed E-state index contributed by atoms with van der Waals surface area (Å²) in [6.07, 6.45) is 5.10. The third kappa shape index (κ3) is 5.58. The van der Waals surface area contributed by atoms with Crippen molar-refractivity contribution in [3.8, 4) is 5.75 Å². The SMILES string of the molecule is Cc1cccc(OCC(=O)NC[C@@H](c2cccs2)N2CCCCCC2)c1. The summed E-state index contributed by atoms with van der Waals surface area (Å²) in [5, 5.41) is 5.19. The van der Waals surface area contributed by atoms with E-state index < -0.39 is 0 Å². The average Bonchev–Trinajstić information content (AvgIpc) is 3.03. The Balaban J connectivity index is 1.54. The minimum absolute atomic E-state index is 0.0562. The van der Waals surface area contributed by atoms with Gasteiger partial charge in [-0.15, -0.1) is 11.3 Å². The average molecular weight is 373 g/mol. The van der Waals surface area contributed by atoms with Gasteiger partial charge in [0.05, 0.1) is 6.04 Å². The Morgan fingerprint density at radius 1 is 1.19 bits per heavy atom. The van der Waals surface area contributed by atoms with Crippen LogP contribution >= 0.6 is 11.3 Å². The topological polar surface area (TPSA) is 41.6 Å². The number of benzene rings is 1. The number of carbonyl (C=O) groups excluding carboxylic acids is 1. The molecule has 1 atom stereocenters. The third-order valence-electron chi connectivity index (χ3n) is 4.81. The molecule has 5 heteroatoms. The number of hydrogen-bond acceptors (Lipinski definition) is 4.